The normalized spacial score (nSPS) is 11.2. The minimum absolute atomic E-state index is 0.375. The van der Waals surface area contributed by atoms with Crippen LogP contribution in [0, 0.1) is 6.92 Å². The van der Waals surface area contributed by atoms with Crippen LogP contribution in [-0.4, -0.2) is 23.4 Å². The van der Waals surface area contributed by atoms with Gasteiger partial charge in [-0.25, -0.2) is 0 Å². The zero-order chi connectivity index (χ0) is 13.7. The summed E-state index contributed by atoms with van der Waals surface area (Å²) in [6.07, 6.45) is -0.375. The largest absolute Gasteiger partial charge is 0.347 e. The van der Waals surface area contributed by atoms with Crippen LogP contribution in [0.4, 0.5) is 0 Å². The van der Waals surface area contributed by atoms with Gasteiger partial charge in [0.1, 0.15) is 0 Å². The number of aromatic nitrogens is 2. The van der Waals surface area contributed by atoms with E-state index in [-0.39, 0.29) is 6.29 Å². The smallest absolute Gasteiger partial charge is 0.200 e. The van der Waals surface area contributed by atoms with Gasteiger partial charge in [-0.15, -0.1) is 0 Å². The summed E-state index contributed by atoms with van der Waals surface area (Å²) in [6.45, 7) is 7.17. The van der Waals surface area contributed by atoms with Crippen LogP contribution in [0.25, 0.3) is 11.3 Å². The molecule has 0 aliphatic rings. The molecule has 0 atom stereocenters. The van der Waals surface area contributed by atoms with E-state index in [4.69, 9.17) is 9.47 Å². The first-order valence-electron chi connectivity index (χ1n) is 6.60. The molecule has 2 aromatic rings. The van der Waals surface area contributed by atoms with Crippen LogP contribution in [0.3, 0.4) is 0 Å². The summed E-state index contributed by atoms with van der Waals surface area (Å²) in [5.74, 6) is 0. The van der Waals surface area contributed by atoms with Crippen LogP contribution in [0.2, 0.25) is 0 Å². The van der Waals surface area contributed by atoms with Crippen molar-refractivity contribution in [1.82, 2.24) is 10.2 Å². The van der Waals surface area contributed by atoms with Gasteiger partial charge in [0.05, 0.1) is 11.4 Å². The van der Waals surface area contributed by atoms with Gasteiger partial charge in [0, 0.05) is 18.8 Å². The van der Waals surface area contributed by atoms with Gasteiger partial charge in [0.2, 0.25) is 0 Å². The van der Waals surface area contributed by atoms with E-state index in [1.165, 1.54) is 5.56 Å². The second kappa shape index (κ2) is 6.50. The Morgan fingerprint density at radius 1 is 1.16 bits per heavy atom. The minimum atomic E-state index is -0.375. The van der Waals surface area contributed by atoms with E-state index < -0.39 is 0 Å². The van der Waals surface area contributed by atoms with Gasteiger partial charge < -0.3 is 9.47 Å². The Morgan fingerprint density at radius 3 is 2.47 bits per heavy atom. The maximum Gasteiger partial charge on any atom is 0.200 e. The number of hydrogen-bond donors (Lipinski definition) is 1. The lowest BCUT2D eigenvalue weighted by atomic mass is 10.1. The standard InChI is InChI=1S/C15H20N2O2/c1-4-18-15(19-5-2)14-10-13(16-17-14)12-9-7-6-8-11(12)3/h6-10,15H,4-5H2,1-3H3,(H,16,17). The van der Waals surface area contributed by atoms with E-state index in [1.54, 1.807) is 0 Å². The third-order valence-electron chi connectivity index (χ3n) is 2.91. The number of aryl methyl sites for hydroxylation is 1. The molecule has 1 N–H and O–H groups in total. The number of H-pyrrole nitrogens is 1. The summed E-state index contributed by atoms with van der Waals surface area (Å²) < 4.78 is 11.1. The number of nitrogens with one attached hydrogen (secondary N) is 1. The predicted molar refractivity (Wildman–Crippen MR) is 74.8 cm³/mol. The molecule has 0 aliphatic heterocycles. The number of aromatic amines is 1. The Hall–Kier alpha value is -1.65. The van der Waals surface area contributed by atoms with Crippen molar-refractivity contribution < 1.29 is 9.47 Å². The average Bonchev–Trinajstić information content (AvgIpc) is 2.88. The van der Waals surface area contributed by atoms with Gasteiger partial charge in [0.25, 0.3) is 0 Å². The highest BCUT2D eigenvalue weighted by Crippen LogP contribution is 2.25. The molecule has 0 unspecified atom stereocenters. The predicted octanol–water partition coefficient (Wildman–Crippen LogP) is 3.46. The van der Waals surface area contributed by atoms with Gasteiger partial charge in [0.15, 0.2) is 6.29 Å². The summed E-state index contributed by atoms with van der Waals surface area (Å²) in [7, 11) is 0. The minimum Gasteiger partial charge on any atom is -0.347 e. The lowest BCUT2D eigenvalue weighted by Gasteiger charge is -2.14. The highest BCUT2D eigenvalue weighted by Gasteiger charge is 2.15. The maximum absolute atomic E-state index is 5.55. The highest BCUT2D eigenvalue weighted by atomic mass is 16.7. The van der Waals surface area contributed by atoms with Crippen molar-refractivity contribution in [1.29, 1.82) is 0 Å². The fourth-order valence-corrected chi connectivity index (χ4v) is 1.99. The fourth-order valence-electron chi connectivity index (χ4n) is 1.99. The number of rotatable bonds is 6. The average molecular weight is 260 g/mol. The molecule has 4 heteroatoms. The number of ether oxygens (including phenoxy) is 2. The summed E-state index contributed by atoms with van der Waals surface area (Å²) in [4.78, 5) is 0. The van der Waals surface area contributed by atoms with Gasteiger partial charge in [-0.2, -0.15) is 5.10 Å². The van der Waals surface area contributed by atoms with E-state index in [2.05, 4.69) is 29.3 Å². The van der Waals surface area contributed by atoms with Crippen molar-refractivity contribution in [3.63, 3.8) is 0 Å². The van der Waals surface area contributed by atoms with E-state index in [9.17, 15) is 0 Å². The first-order chi connectivity index (χ1) is 9.26. The van der Waals surface area contributed by atoms with Crippen molar-refractivity contribution in [2.24, 2.45) is 0 Å². The van der Waals surface area contributed by atoms with Gasteiger partial charge >= 0.3 is 0 Å². The quantitative estimate of drug-likeness (QED) is 0.809. The molecule has 0 amide bonds. The summed E-state index contributed by atoms with van der Waals surface area (Å²) >= 11 is 0. The molecule has 4 nitrogen and oxygen atoms in total. The van der Waals surface area contributed by atoms with E-state index in [1.807, 2.05) is 32.0 Å². The Kier molecular flexibility index (Phi) is 4.71. The van der Waals surface area contributed by atoms with Crippen LogP contribution in [0.15, 0.2) is 30.3 Å². The van der Waals surface area contributed by atoms with Crippen LogP contribution in [-0.2, 0) is 9.47 Å². The molecule has 0 spiro atoms. The SMILES string of the molecule is CCOC(OCC)c1cc(-c2ccccc2C)n[nH]1. The Balaban J connectivity index is 2.25. The third-order valence-corrected chi connectivity index (χ3v) is 2.91. The molecular weight excluding hydrogens is 240 g/mol. The van der Waals surface area contributed by atoms with E-state index >= 15 is 0 Å². The molecule has 0 bridgehead atoms. The van der Waals surface area contributed by atoms with Gasteiger partial charge in [-0.3, -0.25) is 5.10 Å². The van der Waals surface area contributed by atoms with Gasteiger partial charge in [-0.05, 0) is 32.4 Å². The molecule has 102 valence electrons. The second-order valence-corrected chi connectivity index (χ2v) is 4.27. The lowest BCUT2D eigenvalue weighted by Crippen LogP contribution is -2.09. The Morgan fingerprint density at radius 2 is 1.84 bits per heavy atom. The van der Waals surface area contributed by atoms with Crippen LogP contribution in [0.5, 0.6) is 0 Å². The van der Waals surface area contributed by atoms with E-state index in [0.29, 0.717) is 13.2 Å². The van der Waals surface area contributed by atoms with Crippen molar-refractivity contribution in [3.05, 3.63) is 41.6 Å². The van der Waals surface area contributed by atoms with E-state index in [0.717, 1.165) is 17.0 Å². The molecule has 1 aromatic carbocycles. The molecule has 1 heterocycles. The third kappa shape index (κ3) is 3.22. The molecule has 2 rings (SSSR count). The number of hydrogen-bond acceptors (Lipinski definition) is 3. The molecule has 0 fully saturated rings. The number of benzene rings is 1. The first-order valence-corrected chi connectivity index (χ1v) is 6.60. The van der Waals surface area contributed by atoms with Crippen molar-refractivity contribution >= 4 is 0 Å². The zero-order valence-corrected chi connectivity index (χ0v) is 11.6. The lowest BCUT2D eigenvalue weighted by molar-refractivity contribution is -0.142. The molecule has 0 saturated heterocycles. The maximum atomic E-state index is 5.55. The molecule has 19 heavy (non-hydrogen) atoms. The fraction of sp³-hybridized carbons (Fsp3) is 0.400. The summed E-state index contributed by atoms with van der Waals surface area (Å²) in [6, 6.07) is 10.2. The number of nitrogens with zero attached hydrogens (tertiary/aromatic N) is 1. The highest BCUT2D eigenvalue weighted by molar-refractivity contribution is 5.63. The Labute approximate surface area is 113 Å². The molecule has 1 aromatic heterocycles. The van der Waals surface area contributed by atoms with Crippen molar-refractivity contribution in [2.45, 2.75) is 27.1 Å². The van der Waals surface area contributed by atoms with Crippen LogP contribution >= 0.6 is 0 Å². The molecule has 0 radical (unpaired) electrons. The van der Waals surface area contributed by atoms with Crippen LogP contribution < -0.4 is 0 Å². The summed E-state index contributed by atoms with van der Waals surface area (Å²) in [5, 5.41) is 7.35. The Bertz CT molecular complexity index is 516. The monoisotopic (exact) mass is 260 g/mol. The zero-order valence-electron chi connectivity index (χ0n) is 11.6. The molecule has 0 aliphatic carbocycles. The molecule has 0 saturated carbocycles. The van der Waals surface area contributed by atoms with Crippen LogP contribution in [0.1, 0.15) is 31.4 Å². The summed E-state index contributed by atoms with van der Waals surface area (Å²) in [5.41, 5.74) is 4.08. The van der Waals surface area contributed by atoms with Crippen molar-refractivity contribution in [2.75, 3.05) is 13.2 Å². The van der Waals surface area contributed by atoms with Crippen molar-refractivity contribution in [3.8, 4) is 11.3 Å². The molecular formula is C15H20N2O2. The second-order valence-electron chi connectivity index (χ2n) is 4.27. The topological polar surface area (TPSA) is 47.1 Å². The van der Waals surface area contributed by atoms with Gasteiger partial charge in [-0.1, -0.05) is 24.3 Å². The first kappa shape index (κ1) is 13.8.